The van der Waals surface area contributed by atoms with Gasteiger partial charge in [0.05, 0.1) is 10.7 Å². The first-order valence-electron chi connectivity index (χ1n) is 8.52. The Hall–Kier alpha value is -1.54. The van der Waals surface area contributed by atoms with Crippen LogP contribution in [0.3, 0.4) is 0 Å². The molecule has 1 saturated heterocycles. The zero-order valence-electron chi connectivity index (χ0n) is 14.1. The molecule has 0 radical (unpaired) electrons. The van der Waals surface area contributed by atoms with Gasteiger partial charge in [-0.15, -0.1) is 0 Å². The number of pyridine rings is 1. The molecule has 2 aliphatic rings. The van der Waals surface area contributed by atoms with Crippen LogP contribution in [0.1, 0.15) is 23.6 Å². The molecule has 3 heterocycles. The van der Waals surface area contributed by atoms with Crippen molar-refractivity contribution in [3.63, 3.8) is 0 Å². The normalized spacial score (nSPS) is 22.5. The summed E-state index contributed by atoms with van der Waals surface area (Å²) in [5.74, 6) is 1.66. The van der Waals surface area contributed by atoms with Gasteiger partial charge in [0, 0.05) is 43.9 Å². The van der Waals surface area contributed by atoms with Crippen molar-refractivity contribution in [2.75, 3.05) is 20.2 Å². The molecule has 4 rings (SSSR count). The maximum atomic E-state index is 12.1. The lowest BCUT2D eigenvalue weighted by atomic mass is 9.83. The minimum atomic E-state index is 0.124. The van der Waals surface area contributed by atoms with E-state index in [1.54, 1.807) is 13.2 Å². The van der Waals surface area contributed by atoms with Crippen molar-refractivity contribution < 1.29 is 9.84 Å². The number of phenolic OH excluding ortho intramolecular Hbond substituents is 1. The maximum Gasteiger partial charge on any atom is 0.250 e. The van der Waals surface area contributed by atoms with E-state index >= 15 is 0 Å². The van der Waals surface area contributed by atoms with Crippen molar-refractivity contribution in [2.45, 2.75) is 25.4 Å². The smallest absolute Gasteiger partial charge is 0.250 e. The second-order valence-corrected chi connectivity index (χ2v) is 8.18. The Morgan fingerprint density at radius 3 is 2.92 bits per heavy atom. The van der Waals surface area contributed by atoms with Gasteiger partial charge < -0.3 is 14.4 Å². The average molecular weight is 452 g/mol. The molecule has 25 heavy (non-hydrogen) atoms. The molecule has 5 nitrogen and oxygen atoms in total. The Kier molecular flexibility index (Phi) is 4.49. The summed E-state index contributed by atoms with van der Waals surface area (Å²) in [5.41, 5.74) is 2.44. The summed E-state index contributed by atoms with van der Waals surface area (Å²) in [5, 5.41) is 10.0. The number of piperidine rings is 1. The van der Waals surface area contributed by atoms with Gasteiger partial charge in [-0.3, -0.25) is 9.69 Å². The molecule has 6 heteroatoms. The largest absolute Gasteiger partial charge is 0.504 e. The molecule has 2 aromatic rings. The van der Waals surface area contributed by atoms with Gasteiger partial charge in [-0.2, -0.15) is 0 Å². The van der Waals surface area contributed by atoms with Crippen molar-refractivity contribution in [1.82, 2.24) is 9.47 Å². The first-order valence-corrected chi connectivity index (χ1v) is 9.60. The van der Waals surface area contributed by atoms with Crippen molar-refractivity contribution >= 4 is 22.6 Å². The minimum Gasteiger partial charge on any atom is -0.504 e. The molecule has 0 saturated carbocycles. The number of hydrogen-bond acceptors (Lipinski definition) is 4. The lowest BCUT2D eigenvalue weighted by molar-refractivity contribution is 0.114. The standard InChI is InChI=1S/C19H21IN2O3/c1-25-17-7-12(6-15(20)19(17)24)8-21-9-13-5-14(11-21)16-3-2-4-18(23)22(16)10-13/h2-4,6-7,13-14,24H,5,8-11H2,1H3/t13-,14?/m0/s1. The third-order valence-electron chi connectivity index (χ3n) is 5.27. The van der Waals surface area contributed by atoms with E-state index in [-0.39, 0.29) is 11.3 Å². The van der Waals surface area contributed by atoms with Crippen molar-refractivity contribution in [2.24, 2.45) is 5.92 Å². The molecule has 0 spiro atoms. The Morgan fingerprint density at radius 1 is 1.28 bits per heavy atom. The number of aromatic hydroxyl groups is 1. The Balaban J connectivity index is 1.57. The van der Waals surface area contributed by atoms with E-state index in [0.29, 0.717) is 17.6 Å². The molecule has 1 aromatic heterocycles. The third-order valence-corrected chi connectivity index (χ3v) is 6.09. The number of likely N-dealkylation sites (tertiary alicyclic amines) is 1. The topological polar surface area (TPSA) is 54.7 Å². The number of ether oxygens (including phenoxy) is 1. The van der Waals surface area contributed by atoms with Crippen LogP contribution in [0.15, 0.2) is 35.1 Å². The summed E-state index contributed by atoms with van der Waals surface area (Å²) in [6.45, 7) is 3.60. The number of benzene rings is 1. The van der Waals surface area contributed by atoms with E-state index in [9.17, 15) is 9.90 Å². The van der Waals surface area contributed by atoms with E-state index < -0.39 is 0 Å². The van der Waals surface area contributed by atoms with E-state index in [2.05, 4.69) is 33.6 Å². The van der Waals surface area contributed by atoms with Crippen LogP contribution in [0.2, 0.25) is 0 Å². The average Bonchev–Trinajstić information content (AvgIpc) is 2.59. The fourth-order valence-electron chi connectivity index (χ4n) is 4.26. The lowest BCUT2D eigenvalue weighted by Gasteiger charge is -2.42. The lowest BCUT2D eigenvalue weighted by Crippen LogP contribution is -2.46. The number of aromatic nitrogens is 1. The number of nitrogens with zero attached hydrogens (tertiary/aromatic N) is 2. The maximum absolute atomic E-state index is 12.1. The third kappa shape index (κ3) is 3.17. The molecule has 2 bridgehead atoms. The number of methoxy groups -OCH3 is 1. The molecule has 1 unspecified atom stereocenters. The summed E-state index contributed by atoms with van der Waals surface area (Å²) in [6, 6.07) is 9.56. The van der Waals surface area contributed by atoms with Gasteiger partial charge in [0.2, 0.25) is 0 Å². The SMILES string of the molecule is COc1cc(CN2CC3C[C@@H](C2)Cn2c3cccc2=O)cc(I)c1O. The zero-order chi connectivity index (χ0) is 17.6. The van der Waals surface area contributed by atoms with Gasteiger partial charge >= 0.3 is 0 Å². The number of rotatable bonds is 3. The van der Waals surface area contributed by atoms with Crippen LogP contribution < -0.4 is 10.3 Å². The Labute approximate surface area is 160 Å². The van der Waals surface area contributed by atoms with E-state index in [0.717, 1.165) is 41.7 Å². The predicted octanol–water partition coefficient (Wildman–Crippen LogP) is 2.79. The number of halogens is 1. The van der Waals surface area contributed by atoms with Gasteiger partial charge in [0.25, 0.3) is 5.56 Å². The Bertz CT molecular complexity index is 864. The first kappa shape index (κ1) is 16.9. The van der Waals surface area contributed by atoms with Crippen LogP contribution in [0.4, 0.5) is 0 Å². The van der Waals surface area contributed by atoms with Crippen LogP contribution in [0.25, 0.3) is 0 Å². The van der Waals surface area contributed by atoms with Crippen molar-refractivity contribution in [3.05, 3.63) is 55.5 Å². The highest BCUT2D eigenvalue weighted by atomic mass is 127. The monoisotopic (exact) mass is 452 g/mol. The van der Waals surface area contributed by atoms with Crippen molar-refractivity contribution in [3.8, 4) is 11.5 Å². The predicted molar refractivity (Wildman–Crippen MR) is 104 cm³/mol. The molecule has 0 amide bonds. The van der Waals surface area contributed by atoms with Crippen molar-refractivity contribution in [1.29, 1.82) is 0 Å². The van der Waals surface area contributed by atoms with Gasteiger partial charge in [-0.25, -0.2) is 0 Å². The van der Waals surface area contributed by atoms with Crippen LogP contribution in [0.5, 0.6) is 11.5 Å². The summed E-state index contributed by atoms with van der Waals surface area (Å²) in [7, 11) is 1.58. The quantitative estimate of drug-likeness (QED) is 0.729. The van der Waals surface area contributed by atoms with E-state index in [1.165, 1.54) is 5.69 Å². The molecule has 1 N–H and O–H groups in total. The van der Waals surface area contributed by atoms with E-state index in [4.69, 9.17) is 4.74 Å². The van der Waals surface area contributed by atoms with Crippen LogP contribution in [0, 0.1) is 9.49 Å². The van der Waals surface area contributed by atoms with Crippen LogP contribution >= 0.6 is 22.6 Å². The van der Waals surface area contributed by atoms with Crippen LogP contribution in [-0.4, -0.2) is 34.8 Å². The van der Waals surface area contributed by atoms with Gasteiger partial charge in [0.15, 0.2) is 11.5 Å². The molecule has 0 aliphatic carbocycles. The summed E-state index contributed by atoms with van der Waals surface area (Å²) < 4.78 is 8.05. The highest BCUT2D eigenvalue weighted by Crippen LogP contribution is 2.37. The van der Waals surface area contributed by atoms with Gasteiger partial charge in [-0.1, -0.05) is 6.07 Å². The van der Waals surface area contributed by atoms with Gasteiger partial charge in [0.1, 0.15) is 0 Å². The molecule has 132 valence electrons. The highest BCUT2D eigenvalue weighted by molar-refractivity contribution is 14.1. The molecule has 2 aliphatic heterocycles. The second-order valence-electron chi connectivity index (χ2n) is 7.02. The van der Waals surface area contributed by atoms with Crippen LogP contribution in [-0.2, 0) is 13.1 Å². The number of hydrogen-bond donors (Lipinski definition) is 1. The highest BCUT2D eigenvalue weighted by Gasteiger charge is 2.34. The minimum absolute atomic E-state index is 0.124. The van der Waals surface area contributed by atoms with E-state index in [1.807, 2.05) is 22.8 Å². The summed E-state index contributed by atoms with van der Waals surface area (Å²) >= 11 is 2.14. The number of phenols is 1. The summed E-state index contributed by atoms with van der Waals surface area (Å²) in [4.78, 5) is 14.6. The molecule has 2 atom stereocenters. The molecule has 1 aromatic carbocycles. The summed E-state index contributed by atoms with van der Waals surface area (Å²) in [6.07, 6.45) is 1.16. The first-order chi connectivity index (χ1) is 12.0. The number of fused-ring (bicyclic) bond motifs is 4. The molecular weight excluding hydrogens is 431 g/mol. The molecule has 1 fully saturated rings. The second kappa shape index (κ2) is 6.64. The Morgan fingerprint density at radius 2 is 2.12 bits per heavy atom. The van der Waals surface area contributed by atoms with Gasteiger partial charge in [-0.05, 0) is 58.7 Å². The fraction of sp³-hybridized carbons (Fsp3) is 0.421. The fourth-order valence-corrected chi connectivity index (χ4v) is 4.92. The zero-order valence-corrected chi connectivity index (χ0v) is 16.3. The molecular formula is C19H21IN2O3.